The average Bonchev–Trinajstić information content (AvgIpc) is 3.56. The van der Waals surface area contributed by atoms with Crippen molar-refractivity contribution >= 4 is 28.7 Å². The van der Waals surface area contributed by atoms with E-state index in [0.29, 0.717) is 90.4 Å². The van der Waals surface area contributed by atoms with E-state index in [1.54, 1.807) is 0 Å². The van der Waals surface area contributed by atoms with Crippen LogP contribution in [-0.4, -0.2) is 147 Å². The molecule has 0 saturated carbocycles. The van der Waals surface area contributed by atoms with Gasteiger partial charge in [0.2, 0.25) is 0 Å². The summed E-state index contributed by atoms with van der Waals surface area (Å²) < 4.78 is 93.4. The number of cyclic esters (lactones) is 1. The average molecular weight is 801 g/mol. The van der Waals surface area contributed by atoms with E-state index in [0.717, 1.165) is 6.07 Å². The number of nitrogens with one attached hydrogen (secondary N) is 1. The topological polar surface area (TPSA) is 183 Å². The van der Waals surface area contributed by atoms with Crippen molar-refractivity contribution < 1.29 is 75.2 Å². The van der Waals surface area contributed by atoms with Gasteiger partial charge in [0, 0.05) is 22.3 Å². The van der Waals surface area contributed by atoms with Gasteiger partial charge < -0.3 is 57.5 Å². The maximum Gasteiger partial charge on any atom is 0.508 e. The van der Waals surface area contributed by atoms with Crippen LogP contribution in [0, 0.1) is 0 Å². The Morgan fingerprint density at radius 2 is 1.27 bits per heavy atom. The molecule has 19 heteroatoms. The van der Waals surface area contributed by atoms with Crippen LogP contribution in [0.4, 0.5) is 28.4 Å². The highest BCUT2D eigenvalue weighted by Gasteiger charge is 2.35. The molecule has 2 N–H and O–H groups in total. The molecule has 1 aliphatic rings. The van der Waals surface area contributed by atoms with Crippen LogP contribution < -0.4 is 10.5 Å². The lowest BCUT2D eigenvalue weighted by Gasteiger charge is -2.15. The first-order chi connectivity index (χ1) is 27.2. The van der Waals surface area contributed by atoms with Crippen molar-refractivity contribution in [1.82, 2.24) is 4.98 Å². The summed E-state index contributed by atoms with van der Waals surface area (Å²) in [6.45, 7) is 4.90. The van der Waals surface area contributed by atoms with E-state index in [1.165, 1.54) is 47.4 Å². The molecule has 0 spiro atoms. The molecule has 1 saturated heterocycles. The summed E-state index contributed by atoms with van der Waals surface area (Å²) in [5.41, 5.74) is -1.37. The van der Waals surface area contributed by atoms with Crippen molar-refractivity contribution in [2.75, 3.05) is 124 Å². The number of rotatable bonds is 27. The van der Waals surface area contributed by atoms with Crippen molar-refractivity contribution in [2.45, 2.75) is 12.3 Å². The number of benzene rings is 2. The Kier molecular flexibility index (Phi) is 19.3. The van der Waals surface area contributed by atoms with Crippen LogP contribution in [0.1, 0.15) is 5.56 Å². The number of ether oxygens (including phenoxy) is 10. The van der Waals surface area contributed by atoms with Gasteiger partial charge in [-0.2, -0.15) is 13.2 Å². The normalized spacial score (nSPS) is 14.4. The minimum absolute atomic E-state index is 0.00128. The number of H-pyrrole nitrogens is 1. The summed E-state index contributed by atoms with van der Waals surface area (Å²) in [4.78, 5) is 41.3. The van der Waals surface area contributed by atoms with Crippen LogP contribution >= 0.6 is 0 Å². The second-order valence-electron chi connectivity index (χ2n) is 11.9. The Balaban J connectivity index is 1.00. The lowest BCUT2D eigenvalue weighted by Crippen LogP contribution is -2.27. The molecule has 0 bridgehead atoms. The highest BCUT2D eigenvalue weighted by atomic mass is 19.4. The third kappa shape index (κ3) is 15.3. The van der Waals surface area contributed by atoms with Gasteiger partial charge in [-0.1, -0.05) is 24.3 Å². The standard InChI is InChI=1S/C37H47F3N2O14/c38-37(39,40)32-4-2-1-3-30(32)33-23-27-5-6-28(24-31(27)34(44)41-33)42-25-29(56-35(42)45)26-55-36(46)54-22-21-53-20-19-52-18-17-51-16-15-50-14-13-49-12-11-48-10-9-47-8-7-43/h1-6,23-24,29,43H,7-22,25-26H2,(H,41,44). The van der Waals surface area contributed by atoms with Gasteiger partial charge in [-0.25, -0.2) is 9.59 Å². The molecule has 0 aliphatic carbocycles. The van der Waals surface area contributed by atoms with Gasteiger partial charge in [0.05, 0.1) is 111 Å². The zero-order valence-corrected chi connectivity index (χ0v) is 30.8. The van der Waals surface area contributed by atoms with Crippen molar-refractivity contribution in [2.24, 2.45) is 0 Å². The Bertz CT molecular complexity index is 1690. The number of nitrogens with zero attached hydrogens (tertiary/aromatic N) is 1. The first-order valence-corrected chi connectivity index (χ1v) is 17.9. The molecule has 0 radical (unpaired) electrons. The third-order valence-corrected chi connectivity index (χ3v) is 7.84. The summed E-state index contributed by atoms with van der Waals surface area (Å²) in [5, 5.41) is 9.12. The van der Waals surface area contributed by atoms with Crippen molar-refractivity contribution in [3.05, 3.63) is 64.4 Å². The van der Waals surface area contributed by atoms with Gasteiger partial charge in [-0.05, 0) is 29.7 Å². The zero-order valence-electron chi connectivity index (χ0n) is 30.8. The number of amides is 1. The molecule has 2 heterocycles. The number of hydrogen-bond acceptors (Lipinski definition) is 14. The molecule has 3 aromatic rings. The summed E-state index contributed by atoms with van der Waals surface area (Å²) in [6, 6.07) is 10.9. The van der Waals surface area contributed by atoms with Gasteiger partial charge >= 0.3 is 18.4 Å². The maximum atomic E-state index is 13.6. The molecule has 56 heavy (non-hydrogen) atoms. The van der Waals surface area contributed by atoms with Crippen molar-refractivity contribution in [3.8, 4) is 11.3 Å². The fraction of sp³-hybridized carbons (Fsp3) is 0.541. The van der Waals surface area contributed by atoms with Gasteiger partial charge in [-0.15, -0.1) is 0 Å². The SMILES string of the molecule is O=C(OCCOCCOCCOCCOCCOCCOCCOCCO)OCC1CN(c2ccc3cc(-c4ccccc4C(F)(F)F)[nH]c(=O)c3c2)C(=O)O1. The van der Waals surface area contributed by atoms with Gasteiger partial charge in [0.15, 0.2) is 6.10 Å². The highest BCUT2D eigenvalue weighted by Crippen LogP contribution is 2.37. The van der Waals surface area contributed by atoms with Crippen LogP contribution in [0.25, 0.3) is 22.0 Å². The second-order valence-corrected chi connectivity index (χ2v) is 11.9. The number of anilines is 1. The molecular formula is C37H47F3N2O14. The maximum absolute atomic E-state index is 13.6. The molecule has 1 fully saturated rings. The molecule has 16 nitrogen and oxygen atoms in total. The van der Waals surface area contributed by atoms with E-state index in [9.17, 15) is 27.6 Å². The molecule has 1 aliphatic heterocycles. The van der Waals surface area contributed by atoms with E-state index in [2.05, 4.69) is 4.98 Å². The molecule has 310 valence electrons. The van der Waals surface area contributed by atoms with Gasteiger partial charge in [0.25, 0.3) is 5.56 Å². The minimum atomic E-state index is -4.62. The molecular weight excluding hydrogens is 753 g/mol. The predicted octanol–water partition coefficient (Wildman–Crippen LogP) is 3.80. The number of aliphatic hydroxyl groups is 1. The lowest BCUT2D eigenvalue weighted by atomic mass is 10.0. The number of pyridine rings is 1. The number of alkyl halides is 3. The van der Waals surface area contributed by atoms with Crippen molar-refractivity contribution in [3.63, 3.8) is 0 Å². The highest BCUT2D eigenvalue weighted by molar-refractivity contribution is 5.94. The van der Waals surface area contributed by atoms with Gasteiger partial charge in [0.1, 0.15) is 13.2 Å². The van der Waals surface area contributed by atoms with E-state index in [-0.39, 0.29) is 56.2 Å². The lowest BCUT2D eigenvalue weighted by molar-refractivity contribution is -0.137. The predicted molar refractivity (Wildman–Crippen MR) is 193 cm³/mol. The number of fused-ring (bicyclic) bond motifs is 1. The fourth-order valence-corrected chi connectivity index (χ4v) is 5.22. The molecule has 1 aromatic heterocycles. The first-order valence-electron chi connectivity index (χ1n) is 17.9. The molecule has 1 unspecified atom stereocenters. The largest absolute Gasteiger partial charge is 0.508 e. The Morgan fingerprint density at radius 3 is 1.82 bits per heavy atom. The number of aliphatic hydroxyl groups excluding tert-OH is 1. The number of carbonyl (C=O) groups excluding carboxylic acids is 2. The summed E-state index contributed by atoms with van der Waals surface area (Å²) in [6.07, 6.45) is -7.14. The monoisotopic (exact) mass is 800 g/mol. The number of aromatic nitrogens is 1. The molecule has 1 atom stereocenters. The smallest absolute Gasteiger partial charge is 0.440 e. The number of aromatic amines is 1. The molecule has 4 rings (SSSR count). The van der Waals surface area contributed by atoms with E-state index >= 15 is 0 Å². The van der Waals surface area contributed by atoms with Crippen LogP contribution in [0.15, 0.2) is 53.3 Å². The van der Waals surface area contributed by atoms with E-state index in [4.69, 9.17) is 52.5 Å². The first kappa shape index (κ1) is 44.4. The van der Waals surface area contributed by atoms with Gasteiger partial charge in [-0.3, -0.25) is 9.69 Å². The minimum Gasteiger partial charge on any atom is -0.440 e. The number of carbonyl (C=O) groups is 2. The zero-order chi connectivity index (χ0) is 40.0. The Labute approximate surface area is 320 Å². The number of halogens is 3. The van der Waals surface area contributed by atoms with Crippen LogP contribution in [0.5, 0.6) is 0 Å². The second kappa shape index (κ2) is 24.3. The Hall–Kier alpha value is -4.34. The van der Waals surface area contributed by atoms with Crippen LogP contribution in [0.3, 0.4) is 0 Å². The summed E-state index contributed by atoms with van der Waals surface area (Å²) in [5.74, 6) is 0. The quantitative estimate of drug-likeness (QED) is 0.0839. The molecule has 2 aromatic carbocycles. The third-order valence-electron chi connectivity index (χ3n) is 7.84. The number of hydrogen-bond donors (Lipinski definition) is 2. The van der Waals surface area contributed by atoms with E-state index in [1.807, 2.05) is 0 Å². The molecule has 1 amide bonds. The Morgan fingerprint density at radius 1 is 0.732 bits per heavy atom. The van der Waals surface area contributed by atoms with E-state index < -0.39 is 35.7 Å². The fourth-order valence-electron chi connectivity index (χ4n) is 5.22. The van der Waals surface area contributed by atoms with Crippen molar-refractivity contribution in [1.29, 1.82) is 0 Å². The van der Waals surface area contributed by atoms with Crippen LogP contribution in [-0.2, 0) is 53.5 Å². The summed E-state index contributed by atoms with van der Waals surface area (Å²) in [7, 11) is 0. The van der Waals surface area contributed by atoms with Crippen LogP contribution in [0.2, 0.25) is 0 Å². The summed E-state index contributed by atoms with van der Waals surface area (Å²) >= 11 is 0.